The Morgan fingerprint density at radius 3 is 2.92 bits per heavy atom. The fraction of sp³-hybridized carbons (Fsp3) is 0.423. The first-order chi connectivity index (χ1) is 17.9. The van der Waals surface area contributed by atoms with Crippen molar-refractivity contribution in [2.24, 2.45) is 0 Å². The van der Waals surface area contributed by atoms with Crippen molar-refractivity contribution in [3.05, 3.63) is 48.4 Å². The van der Waals surface area contributed by atoms with E-state index >= 15 is 0 Å². The van der Waals surface area contributed by atoms with Gasteiger partial charge in [-0.05, 0) is 51.3 Å². The summed E-state index contributed by atoms with van der Waals surface area (Å²) in [6, 6.07) is 7.73. The van der Waals surface area contributed by atoms with Crippen LogP contribution in [0.25, 0.3) is 21.5 Å². The molecule has 0 radical (unpaired) electrons. The average molecular weight is 541 g/mol. The minimum Gasteiger partial charge on any atom is -0.457 e. The third kappa shape index (κ3) is 5.63. The molecule has 0 saturated carbocycles. The number of aromatic nitrogens is 4. The molecule has 0 aliphatic carbocycles. The lowest BCUT2D eigenvalue weighted by molar-refractivity contribution is 0.327. The molecule has 0 amide bonds. The fourth-order valence-electron chi connectivity index (χ4n) is 4.55. The van der Waals surface area contributed by atoms with Crippen LogP contribution in [0, 0.1) is 6.92 Å². The van der Waals surface area contributed by atoms with Gasteiger partial charge in [0.1, 0.15) is 11.5 Å². The molecular weight excluding hydrogens is 508 g/mol. The molecule has 3 aromatic heterocycles. The topological polar surface area (TPSA) is 102 Å². The Labute approximate surface area is 221 Å². The maximum absolute atomic E-state index is 12.3. The molecule has 1 atom stereocenters. The summed E-state index contributed by atoms with van der Waals surface area (Å²) < 4.78 is 35.5. The second-order valence-corrected chi connectivity index (χ2v) is 12.5. The molecule has 11 heteroatoms. The zero-order chi connectivity index (χ0) is 26.0. The van der Waals surface area contributed by atoms with Crippen LogP contribution in [0.15, 0.2) is 42.9 Å². The van der Waals surface area contributed by atoms with Gasteiger partial charge in [0.25, 0.3) is 0 Å². The number of nitrogens with zero attached hydrogens (tertiary/aromatic N) is 5. The zero-order valence-corrected chi connectivity index (χ0v) is 23.0. The van der Waals surface area contributed by atoms with Crippen LogP contribution in [0.4, 0.5) is 5.13 Å². The number of benzene rings is 1. The molecule has 1 fully saturated rings. The summed E-state index contributed by atoms with van der Waals surface area (Å²) in [4.78, 5) is 9.25. The summed E-state index contributed by atoms with van der Waals surface area (Å²) in [7, 11) is -3.18. The highest BCUT2D eigenvalue weighted by molar-refractivity contribution is 7.89. The number of fused-ring (bicyclic) bond motifs is 1. The summed E-state index contributed by atoms with van der Waals surface area (Å²) in [5.74, 6) is 1.60. The van der Waals surface area contributed by atoms with Crippen LogP contribution in [0.3, 0.4) is 0 Å². The van der Waals surface area contributed by atoms with Crippen molar-refractivity contribution in [3.8, 4) is 22.8 Å². The van der Waals surface area contributed by atoms with Crippen LogP contribution < -0.4 is 10.1 Å². The van der Waals surface area contributed by atoms with Crippen molar-refractivity contribution in [1.29, 1.82) is 0 Å². The first-order valence-corrected chi connectivity index (χ1v) is 15.1. The highest BCUT2D eigenvalue weighted by Crippen LogP contribution is 2.37. The van der Waals surface area contributed by atoms with E-state index in [2.05, 4.69) is 22.3 Å². The lowest BCUT2D eigenvalue weighted by Crippen LogP contribution is -2.45. The van der Waals surface area contributed by atoms with Gasteiger partial charge in [0, 0.05) is 55.3 Å². The molecule has 1 aliphatic heterocycles. The number of pyridine rings is 1. The van der Waals surface area contributed by atoms with E-state index in [-0.39, 0.29) is 11.8 Å². The number of piperidine rings is 1. The molecule has 0 bridgehead atoms. The van der Waals surface area contributed by atoms with Gasteiger partial charge >= 0.3 is 0 Å². The van der Waals surface area contributed by atoms with Crippen molar-refractivity contribution >= 4 is 36.7 Å². The van der Waals surface area contributed by atoms with Gasteiger partial charge in [-0.3, -0.25) is 9.67 Å². The number of anilines is 1. The van der Waals surface area contributed by atoms with Gasteiger partial charge in [-0.2, -0.15) is 9.40 Å². The third-order valence-electron chi connectivity index (χ3n) is 6.57. The molecule has 4 heterocycles. The van der Waals surface area contributed by atoms with Gasteiger partial charge < -0.3 is 10.1 Å². The molecule has 4 aromatic rings. The van der Waals surface area contributed by atoms with Crippen molar-refractivity contribution in [3.63, 3.8) is 0 Å². The molecule has 9 nitrogen and oxygen atoms in total. The molecule has 1 N–H and O–H groups in total. The molecule has 0 unspecified atom stereocenters. The smallest absolute Gasteiger partial charge is 0.213 e. The van der Waals surface area contributed by atoms with Crippen molar-refractivity contribution in [2.75, 3.05) is 24.2 Å². The van der Waals surface area contributed by atoms with Gasteiger partial charge in [-0.15, -0.1) is 0 Å². The number of hydrogen-bond donors (Lipinski definition) is 1. The predicted octanol–water partition coefficient (Wildman–Crippen LogP) is 5.29. The van der Waals surface area contributed by atoms with Crippen molar-refractivity contribution < 1.29 is 13.2 Å². The van der Waals surface area contributed by atoms with Crippen LogP contribution >= 0.6 is 11.3 Å². The number of ether oxygens (including phenoxy) is 1. The highest BCUT2D eigenvalue weighted by atomic mass is 32.2. The van der Waals surface area contributed by atoms with Crippen LogP contribution in [0.5, 0.6) is 11.5 Å². The maximum atomic E-state index is 12.3. The lowest BCUT2D eigenvalue weighted by Gasteiger charge is -2.31. The van der Waals surface area contributed by atoms with E-state index in [1.807, 2.05) is 48.3 Å². The molecule has 37 heavy (non-hydrogen) atoms. The van der Waals surface area contributed by atoms with E-state index in [0.29, 0.717) is 18.8 Å². The number of thiazole rings is 1. The Bertz CT molecular complexity index is 1500. The zero-order valence-electron chi connectivity index (χ0n) is 21.3. The van der Waals surface area contributed by atoms with Gasteiger partial charge in [0.15, 0.2) is 5.13 Å². The standard InChI is InChI=1S/C26H32N6O3S2/c1-4-12-31-16-19(15-28-31)23-14-21(10-11-27-23)35-24-9-8-22-25(18(24)3)36-26(30-22)29-20-7-6-13-32(17-20)37(33,34)5-2/h8-11,14-16,20H,4-7,12-13,17H2,1-3H3,(H,29,30)/t20-/m0/s1. The summed E-state index contributed by atoms with van der Waals surface area (Å²) in [5.41, 5.74) is 3.67. The monoisotopic (exact) mass is 540 g/mol. The second kappa shape index (κ2) is 10.8. The van der Waals surface area contributed by atoms with Crippen molar-refractivity contribution in [1.82, 2.24) is 24.1 Å². The molecule has 1 aliphatic rings. The second-order valence-electron chi connectivity index (χ2n) is 9.27. The molecular formula is C26H32N6O3S2. The van der Waals surface area contributed by atoms with Crippen LogP contribution in [-0.4, -0.2) is 57.4 Å². The van der Waals surface area contributed by atoms with Gasteiger partial charge in [0.05, 0.1) is 27.9 Å². The van der Waals surface area contributed by atoms with Crippen LogP contribution in [0.2, 0.25) is 0 Å². The van der Waals surface area contributed by atoms with E-state index in [1.165, 1.54) is 0 Å². The fourth-order valence-corrected chi connectivity index (χ4v) is 6.77. The minimum atomic E-state index is -3.18. The Kier molecular flexibility index (Phi) is 7.45. The Hall–Kier alpha value is -3.02. The van der Waals surface area contributed by atoms with E-state index in [0.717, 1.165) is 63.7 Å². The molecule has 1 saturated heterocycles. The Morgan fingerprint density at radius 2 is 2.11 bits per heavy atom. The summed E-state index contributed by atoms with van der Waals surface area (Å²) >= 11 is 1.57. The molecule has 1 aromatic carbocycles. The molecule has 196 valence electrons. The maximum Gasteiger partial charge on any atom is 0.213 e. The average Bonchev–Trinajstić information content (AvgIpc) is 3.54. The number of rotatable bonds is 9. The normalized spacial score (nSPS) is 16.8. The van der Waals surface area contributed by atoms with Crippen LogP contribution in [0.1, 0.15) is 38.7 Å². The lowest BCUT2D eigenvalue weighted by atomic mass is 10.1. The summed E-state index contributed by atoms with van der Waals surface area (Å²) in [6.07, 6.45) is 8.35. The van der Waals surface area contributed by atoms with Crippen LogP contribution in [-0.2, 0) is 16.6 Å². The van der Waals surface area contributed by atoms with E-state index in [4.69, 9.17) is 9.72 Å². The first kappa shape index (κ1) is 25.6. The van der Waals surface area contributed by atoms with Gasteiger partial charge in [0.2, 0.25) is 10.0 Å². The number of nitrogens with one attached hydrogen (secondary N) is 1. The van der Waals surface area contributed by atoms with E-state index < -0.39 is 10.0 Å². The van der Waals surface area contributed by atoms with Gasteiger partial charge in [-0.1, -0.05) is 18.3 Å². The largest absolute Gasteiger partial charge is 0.457 e. The molecule has 5 rings (SSSR count). The molecule has 0 spiro atoms. The van der Waals surface area contributed by atoms with E-state index in [9.17, 15) is 8.42 Å². The highest BCUT2D eigenvalue weighted by Gasteiger charge is 2.28. The Morgan fingerprint density at radius 1 is 1.24 bits per heavy atom. The summed E-state index contributed by atoms with van der Waals surface area (Å²) in [6.45, 7) is 7.78. The number of hydrogen-bond acceptors (Lipinski definition) is 8. The van der Waals surface area contributed by atoms with E-state index in [1.54, 1.807) is 28.8 Å². The number of sulfonamides is 1. The minimum absolute atomic E-state index is 0.0450. The third-order valence-corrected chi connectivity index (χ3v) is 9.54. The SMILES string of the molecule is CCCn1cc(-c2cc(Oc3ccc4nc(N[C@H]5CCCN(S(=O)(=O)CC)C5)sc4c3C)ccn2)cn1. The van der Waals surface area contributed by atoms with Crippen molar-refractivity contribution in [2.45, 2.75) is 52.6 Å². The first-order valence-electron chi connectivity index (χ1n) is 12.7. The number of aryl methyl sites for hydroxylation is 2. The quantitative estimate of drug-likeness (QED) is 0.308. The van der Waals surface area contributed by atoms with Gasteiger partial charge in [-0.25, -0.2) is 13.4 Å². The Balaban J connectivity index is 1.32. The predicted molar refractivity (Wildman–Crippen MR) is 148 cm³/mol. The summed E-state index contributed by atoms with van der Waals surface area (Å²) in [5, 5.41) is 8.67.